The van der Waals surface area contributed by atoms with E-state index in [2.05, 4.69) is 11.8 Å². The summed E-state index contributed by atoms with van der Waals surface area (Å²) in [5, 5.41) is 44.6. The highest BCUT2D eigenvalue weighted by Gasteiger charge is 2.64. The van der Waals surface area contributed by atoms with Crippen molar-refractivity contribution in [2.75, 3.05) is 14.1 Å². The summed E-state index contributed by atoms with van der Waals surface area (Å²) in [6, 6.07) is 8.48. The van der Waals surface area contributed by atoms with Gasteiger partial charge < -0.3 is 26.2 Å². The second kappa shape index (κ2) is 9.73. The number of fused-ring (bicyclic) bond motifs is 3. The van der Waals surface area contributed by atoms with Gasteiger partial charge in [-0.3, -0.25) is 24.1 Å². The lowest BCUT2D eigenvalue weighted by Crippen LogP contribution is -2.65. The summed E-state index contributed by atoms with van der Waals surface area (Å²) in [5.74, 6) is -1.07. The summed E-state index contributed by atoms with van der Waals surface area (Å²) in [5.41, 5.74) is 3.68. The summed E-state index contributed by atoms with van der Waals surface area (Å²) in [7, 11) is 3.09. The minimum Gasteiger partial charge on any atom is -0.508 e. The van der Waals surface area contributed by atoms with Gasteiger partial charge in [0.05, 0.1) is 11.6 Å². The molecule has 1 fully saturated rings. The molecule has 3 aliphatic rings. The first-order valence-electron chi connectivity index (χ1n) is 12.9. The van der Waals surface area contributed by atoms with Crippen LogP contribution in [0.25, 0.3) is 5.76 Å². The number of phenols is 1. The van der Waals surface area contributed by atoms with Gasteiger partial charge in [0.15, 0.2) is 17.2 Å². The van der Waals surface area contributed by atoms with Gasteiger partial charge >= 0.3 is 0 Å². The fourth-order valence-electron chi connectivity index (χ4n) is 6.29. The smallest absolute Gasteiger partial charge is 0.255 e. The highest BCUT2D eigenvalue weighted by molar-refractivity contribution is 6.24. The van der Waals surface area contributed by atoms with Crippen molar-refractivity contribution in [3.05, 3.63) is 81.1 Å². The van der Waals surface area contributed by atoms with Gasteiger partial charge in [-0.05, 0) is 69.6 Å². The van der Waals surface area contributed by atoms with E-state index in [9.17, 15) is 39.6 Å². The number of aliphatic hydroxyl groups is 3. The Morgan fingerprint density at radius 3 is 2.27 bits per heavy atom. The number of nitrogens with zero attached hydrogens (tertiary/aromatic N) is 1. The summed E-state index contributed by atoms with van der Waals surface area (Å²) >= 11 is 0. The van der Waals surface area contributed by atoms with E-state index >= 15 is 0 Å². The molecule has 6 N–H and O–H groups in total. The van der Waals surface area contributed by atoms with Gasteiger partial charge in [-0.15, -0.1) is 0 Å². The molecule has 2 aromatic carbocycles. The molecule has 0 aliphatic heterocycles. The fraction of sp³-hybridized carbons (Fsp3) is 0.290. The van der Waals surface area contributed by atoms with Crippen LogP contribution in [0.15, 0.2) is 53.3 Å². The molecule has 0 radical (unpaired) electrons. The average molecular weight is 557 g/mol. The molecule has 210 valence electrons. The second-order valence-electron chi connectivity index (χ2n) is 10.8. The van der Waals surface area contributed by atoms with Crippen LogP contribution in [-0.2, 0) is 20.8 Å². The highest BCUT2D eigenvalue weighted by Crippen LogP contribution is 2.52. The number of carbonyl (C=O) groups excluding carboxylic acids is 4. The van der Waals surface area contributed by atoms with Gasteiger partial charge in [0.2, 0.25) is 5.78 Å². The molecule has 1 saturated carbocycles. The van der Waals surface area contributed by atoms with Crippen molar-refractivity contribution in [1.82, 2.24) is 4.90 Å². The zero-order chi connectivity index (χ0) is 30.0. The van der Waals surface area contributed by atoms with Crippen molar-refractivity contribution in [3.63, 3.8) is 0 Å². The standard InChI is InChI=1S/C31H28N2O8/c1-14(34)16-7-4-15(5-8-16)6-9-17-10-11-21(35)23-19(17)12-18-13-20-25(33(2)3)27(37)24(30(32)40)29(39)31(20,41)28(38)22(18)26(23)36/h4-5,7-8,10-11,18,20,25,35-36,39,41H,12-13H2,1-3H3,(H2,32,40)/t18-,20-,25-,31-/m1/s1. The Morgan fingerprint density at radius 1 is 1.02 bits per heavy atom. The Balaban J connectivity index is 1.64. The van der Waals surface area contributed by atoms with Crippen LogP contribution in [0.4, 0.5) is 0 Å². The van der Waals surface area contributed by atoms with Gasteiger partial charge in [0, 0.05) is 28.2 Å². The number of likely N-dealkylation sites (N-methyl/N-ethyl adjacent to an activating group) is 1. The maximum Gasteiger partial charge on any atom is 0.255 e. The van der Waals surface area contributed by atoms with Crippen molar-refractivity contribution in [2.45, 2.75) is 31.4 Å². The van der Waals surface area contributed by atoms with Crippen LogP contribution < -0.4 is 5.73 Å². The van der Waals surface area contributed by atoms with Gasteiger partial charge in [-0.25, -0.2) is 0 Å². The number of aromatic hydroxyl groups is 1. The predicted molar refractivity (Wildman–Crippen MR) is 147 cm³/mol. The van der Waals surface area contributed by atoms with Gasteiger partial charge in [0.25, 0.3) is 5.91 Å². The van der Waals surface area contributed by atoms with Crippen LogP contribution in [0.5, 0.6) is 5.75 Å². The zero-order valence-electron chi connectivity index (χ0n) is 22.6. The molecular formula is C31H28N2O8. The molecule has 4 atom stereocenters. The second-order valence-corrected chi connectivity index (χ2v) is 10.8. The predicted octanol–water partition coefficient (Wildman–Crippen LogP) is 1.57. The minimum absolute atomic E-state index is 0.0131. The van der Waals surface area contributed by atoms with Crippen LogP contribution in [0, 0.1) is 23.7 Å². The van der Waals surface area contributed by atoms with Crippen molar-refractivity contribution in [3.8, 4) is 17.6 Å². The molecule has 2 aromatic rings. The number of nitrogens with two attached hydrogens (primary N) is 1. The average Bonchev–Trinajstić information content (AvgIpc) is 2.90. The number of aliphatic hydroxyl groups excluding tert-OH is 2. The van der Waals surface area contributed by atoms with E-state index in [1.165, 1.54) is 17.9 Å². The SMILES string of the molecule is CC(=O)c1ccc(C#Cc2ccc(O)c3c2C[C@@H]2C[C@@H]4[C@@H](N(C)C)C(=O)C(C(N)=O)=C(O)[C@]4(O)C(=O)C2=C3O)cc1. The van der Waals surface area contributed by atoms with E-state index in [0.29, 0.717) is 22.3 Å². The summed E-state index contributed by atoms with van der Waals surface area (Å²) in [6.45, 7) is 1.47. The number of hydrogen-bond donors (Lipinski definition) is 5. The minimum atomic E-state index is -2.69. The molecule has 0 spiro atoms. The van der Waals surface area contributed by atoms with Crippen molar-refractivity contribution >= 4 is 29.0 Å². The lowest BCUT2D eigenvalue weighted by atomic mass is 9.57. The number of ketones is 3. The maximum atomic E-state index is 13.9. The lowest BCUT2D eigenvalue weighted by molar-refractivity contribution is -0.153. The van der Waals surface area contributed by atoms with E-state index in [1.807, 2.05) is 0 Å². The molecule has 41 heavy (non-hydrogen) atoms. The third-order valence-corrected chi connectivity index (χ3v) is 8.24. The van der Waals surface area contributed by atoms with Crippen molar-refractivity contribution in [2.24, 2.45) is 17.6 Å². The molecule has 0 heterocycles. The molecule has 10 heteroatoms. The monoisotopic (exact) mass is 556 g/mol. The van der Waals surface area contributed by atoms with Crippen LogP contribution in [0.1, 0.15) is 46.0 Å². The first-order chi connectivity index (χ1) is 19.3. The Hall–Kier alpha value is -4.72. The number of Topliss-reactive ketones (excluding diaryl/α,β-unsaturated/α-hetero) is 3. The van der Waals surface area contributed by atoms with E-state index in [0.717, 1.165) is 0 Å². The number of primary amides is 1. The number of carbonyl (C=O) groups is 4. The maximum absolute atomic E-state index is 13.9. The number of rotatable bonds is 3. The Kier molecular flexibility index (Phi) is 6.60. The molecule has 10 nitrogen and oxygen atoms in total. The highest BCUT2D eigenvalue weighted by atomic mass is 16.3. The van der Waals surface area contributed by atoms with E-state index in [-0.39, 0.29) is 35.5 Å². The summed E-state index contributed by atoms with van der Waals surface area (Å²) < 4.78 is 0. The Labute approximate surface area is 235 Å². The van der Waals surface area contributed by atoms with Crippen LogP contribution >= 0.6 is 0 Å². The quantitative estimate of drug-likeness (QED) is 0.213. The molecule has 5 rings (SSSR count). The third-order valence-electron chi connectivity index (χ3n) is 8.24. The Morgan fingerprint density at radius 2 is 1.68 bits per heavy atom. The van der Waals surface area contributed by atoms with Crippen molar-refractivity contribution in [1.29, 1.82) is 0 Å². The largest absolute Gasteiger partial charge is 0.508 e. The number of amides is 1. The van der Waals surface area contributed by atoms with E-state index in [1.54, 1.807) is 44.4 Å². The van der Waals surface area contributed by atoms with Crippen molar-refractivity contribution < 1.29 is 39.6 Å². The van der Waals surface area contributed by atoms with Crippen LogP contribution in [0.2, 0.25) is 0 Å². The molecule has 3 aliphatic carbocycles. The van der Waals surface area contributed by atoms with Gasteiger partial charge in [-0.2, -0.15) is 0 Å². The first kappa shape index (κ1) is 27.8. The van der Waals surface area contributed by atoms with Crippen LogP contribution in [0.3, 0.4) is 0 Å². The summed E-state index contributed by atoms with van der Waals surface area (Å²) in [6.07, 6.45) is 0.122. The number of phenolic OH excluding ortho intramolecular Hbond substituents is 1. The molecular weight excluding hydrogens is 528 g/mol. The molecule has 0 unspecified atom stereocenters. The summed E-state index contributed by atoms with van der Waals surface area (Å²) in [4.78, 5) is 52.2. The first-order valence-corrected chi connectivity index (χ1v) is 12.9. The number of benzene rings is 2. The lowest BCUT2D eigenvalue weighted by Gasteiger charge is -2.50. The van der Waals surface area contributed by atoms with E-state index < -0.39 is 58.0 Å². The van der Waals surface area contributed by atoms with E-state index in [4.69, 9.17) is 5.73 Å². The van der Waals surface area contributed by atoms with Gasteiger partial charge in [-0.1, -0.05) is 24.0 Å². The Bertz CT molecular complexity index is 1670. The topological polar surface area (TPSA) is 178 Å². The van der Waals surface area contributed by atoms with Crippen LogP contribution in [-0.4, -0.2) is 74.3 Å². The molecule has 0 bridgehead atoms. The normalized spacial score (nSPS) is 25.2. The molecule has 1 amide bonds. The van der Waals surface area contributed by atoms with Gasteiger partial charge in [0.1, 0.15) is 22.8 Å². The molecule has 0 aromatic heterocycles. The number of hydrogen-bond acceptors (Lipinski definition) is 9. The third kappa shape index (κ3) is 4.13. The zero-order valence-corrected chi connectivity index (χ0v) is 22.6. The molecule has 0 saturated heterocycles. The fourth-order valence-corrected chi connectivity index (χ4v) is 6.29.